The number of anilines is 1. The highest BCUT2D eigenvalue weighted by molar-refractivity contribution is 5.89. The van der Waals surface area contributed by atoms with Crippen LogP contribution in [0.2, 0.25) is 0 Å². The lowest BCUT2D eigenvalue weighted by Gasteiger charge is -2.29. The van der Waals surface area contributed by atoms with E-state index in [9.17, 15) is 9.59 Å². The second kappa shape index (κ2) is 7.04. The minimum atomic E-state index is -0.211. The van der Waals surface area contributed by atoms with E-state index in [4.69, 9.17) is 4.74 Å². The predicted molar refractivity (Wildman–Crippen MR) is 94.3 cm³/mol. The van der Waals surface area contributed by atoms with Gasteiger partial charge in [-0.2, -0.15) is 0 Å². The maximum atomic E-state index is 12.3. The van der Waals surface area contributed by atoms with Gasteiger partial charge >= 0.3 is 6.03 Å². The Bertz CT molecular complexity index is 666. The number of amides is 3. The smallest absolute Gasteiger partial charge is 0.319 e. The van der Waals surface area contributed by atoms with Crippen LogP contribution in [0.15, 0.2) is 18.2 Å². The molecule has 0 aromatic heterocycles. The third-order valence-electron chi connectivity index (χ3n) is 5.23. The quantitative estimate of drug-likeness (QED) is 0.881. The van der Waals surface area contributed by atoms with Crippen molar-refractivity contribution in [1.82, 2.24) is 10.2 Å². The summed E-state index contributed by atoms with van der Waals surface area (Å²) in [4.78, 5) is 26.3. The molecule has 3 amide bonds. The topological polar surface area (TPSA) is 70.7 Å². The molecule has 1 saturated carbocycles. The van der Waals surface area contributed by atoms with E-state index in [0.717, 1.165) is 56.5 Å². The molecule has 6 nitrogen and oxygen atoms in total. The maximum absolute atomic E-state index is 12.3. The van der Waals surface area contributed by atoms with Gasteiger partial charge in [0.15, 0.2) is 0 Å². The number of urea groups is 1. The highest BCUT2D eigenvalue weighted by atomic mass is 16.5. The van der Waals surface area contributed by atoms with Crippen LogP contribution in [0.5, 0.6) is 0 Å². The number of ether oxygens (including phenoxy) is 1. The number of benzene rings is 1. The Balaban J connectivity index is 1.34. The van der Waals surface area contributed by atoms with E-state index in [1.807, 2.05) is 17.0 Å². The van der Waals surface area contributed by atoms with Crippen LogP contribution in [0.4, 0.5) is 10.5 Å². The molecule has 1 atom stereocenters. The monoisotopic (exact) mass is 343 g/mol. The fourth-order valence-electron chi connectivity index (χ4n) is 3.60. The lowest BCUT2D eigenvalue weighted by Crippen LogP contribution is -2.37. The first-order valence-electron chi connectivity index (χ1n) is 9.26. The van der Waals surface area contributed by atoms with E-state index >= 15 is 0 Å². The summed E-state index contributed by atoms with van der Waals surface area (Å²) in [6, 6.07) is 5.78. The van der Waals surface area contributed by atoms with Crippen LogP contribution in [0, 0.1) is 5.92 Å². The second-order valence-electron chi connectivity index (χ2n) is 7.24. The predicted octanol–water partition coefficient (Wildman–Crippen LogP) is 2.28. The van der Waals surface area contributed by atoms with Gasteiger partial charge in [0.1, 0.15) is 0 Å². The van der Waals surface area contributed by atoms with Crippen LogP contribution >= 0.6 is 0 Å². The van der Waals surface area contributed by atoms with E-state index in [2.05, 4.69) is 16.7 Å². The molecule has 2 N–H and O–H groups in total. The number of hydrogen-bond acceptors (Lipinski definition) is 3. The number of nitrogens with one attached hydrogen (secondary N) is 2. The molecule has 6 heteroatoms. The number of rotatable bonds is 4. The molecule has 1 aliphatic carbocycles. The molecule has 25 heavy (non-hydrogen) atoms. The van der Waals surface area contributed by atoms with Crippen molar-refractivity contribution >= 4 is 17.6 Å². The Labute approximate surface area is 147 Å². The van der Waals surface area contributed by atoms with Crippen LogP contribution < -0.4 is 10.6 Å². The minimum absolute atomic E-state index is 0.135. The SMILES string of the molecule is O=C(NC[C@H]1CCCO1)Nc1ccc2c(c1)CN(C(=O)C1CC1)CC2. The molecule has 3 aliphatic rings. The molecule has 0 radical (unpaired) electrons. The fraction of sp³-hybridized carbons (Fsp3) is 0.579. The van der Waals surface area contributed by atoms with E-state index in [1.165, 1.54) is 5.56 Å². The van der Waals surface area contributed by atoms with Crippen molar-refractivity contribution in [3.05, 3.63) is 29.3 Å². The van der Waals surface area contributed by atoms with E-state index in [0.29, 0.717) is 19.0 Å². The van der Waals surface area contributed by atoms with Crippen molar-refractivity contribution in [3.8, 4) is 0 Å². The van der Waals surface area contributed by atoms with E-state index in [1.54, 1.807) is 0 Å². The lowest BCUT2D eigenvalue weighted by molar-refractivity contribution is -0.133. The van der Waals surface area contributed by atoms with Gasteiger partial charge in [0.2, 0.25) is 5.91 Å². The van der Waals surface area contributed by atoms with Crippen molar-refractivity contribution in [2.45, 2.75) is 44.8 Å². The first-order valence-corrected chi connectivity index (χ1v) is 9.26. The lowest BCUT2D eigenvalue weighted by atomic mass is 9.98. The molecule has 1 aromatic carbocycles. The summed E-state index contributed by atoms with van der Waals surface area (Å²) in [5, 5.41) is 5.75. The third-order valence-corrected chi connectivity index (χ3v) is 5.23. The zero-order chi connectivity index (χ0) is 17.2. The zero-order valence-electron chi connectivity index (χ0n) is 14.4. The number of hydrogen-bond donors (Lipinski definition) is 2. The highest BCUT2D eigenvalue weighted by Gasteiger charge is 2.34. The summed E-state index contributed by atoms with van der Waals surface area (Å²) in [5.74, 6) is 0.546. The zero-order valence-corrected chi connectivity index (χ0v) is 14.4. The Hall–Kier alpha value is -2.08. The van der Waals surface area contributed by atoms with Crippen LogP contribution in [0.25, 0.3) is 0 Å². The normalized spacial score (nSPS) is 22.4. The number of carbonyl (C=O) groups is 2. The average Bonchev–Trinajstić information content (AvgIpc) is 3.34. The molecular formula is C19H25N3O3. The van der Waals surface area contributed by atoms with Gasteiger partial charge in [0.05, 0.1) is 6.10 Å². The molecule has 2 heterocycles. The summed E-state index contributed by atoms with van der Waals surface area (Å²) in [5.41, 5.74) is 3.17. The van der Waals surface area contributed by atoms with Crippen LogP contribution in [0.1, 0.15) is 36.8 Å². The first-order chi connectivity index (χ1) is 12.2. The van der Waals surface area contributed by atoms with Gasteiger partial charge < -0.3 is 20.3 Å². The van der Waals surface area contributed by atoms with Crippen molar-refractivity contribution in [2.75, 3.05) is 25.0 Å². The summed E-state index contributed by atoms with van der Waals surface area (Å²) < 4.78 is 5.51. The fourth-order valence-corrected chi connectivity index (χ4v) is 3.60. The molecule has 134 valence electrons. The van der Waals surface area contributed by atoms with Crippen molar-refractivity contribution in [1.29, 1.82) is 0 Å². The number of fused-ring (bicyclic) bond motifs is 1. The second-order valence-corrected chi connectivity index (χ2v) is 7.24. The number of carbonyl (C=O) groups excluding carboxylic acids is 2. The largest absolute Gasteiger partial charge is 0.376 e. The van der Waals surface area contributed by atoms with Gasteiger partial charge in [-0.05, 0) is 55.4 Å². The van der Waals surface area contributed by atoms with Crippen LogP contribution in [-0.4, -0.2) is 42.6 Å². The molecule has 2 fully saturated rings. The van der Waals surface area contributed by atoms with Gasteiger partial charge in [-0.3, -0.25) is 4.79 Å². The van der Waals surface area contributed by atoms with E-state index < -0.39 is 0 Å². The first kappa shape index (κ1) is 16.4. The molecule has 0 spiro atoms. The molecule has 4 rings (SSSR count). The molecule has 0 unspecified atom stereocenters. The molecular weight excluding hydrogens is 318 g/mol. The van der Waals surface area contributed by atoms with Crippen molar-refractivity contribution in [2.24, 2.45) is 5.92 Å². The summed E-state index contributed by atoms with van der Waals surface area (Å²) >= 11 is 0. The van der Waals surface area contributed by atoms with Gasteiger partial charge in [0, 0.05) is 37.8 Å². The van der Waals surface area contributed by atoms with Crippen LogP contribution in [-0.2, 0) is 22.5 Å². The van der Waals surface area contributed by atoms with Gasteiger partial charge in [0.25, 0.3) is 0 Å². The van der Waals surface area contributed by atoms with E-state index in [-0.39, 0.29) is 18.1 Å². The maximum Gasteiger partial charge on any atom is 0.319 e. The standard InChI is InChI=1S/C19H25N3O3/c23-18(14-3-4-14)22-8-7-13-5-6-16(10-15(13)12-22)21-19(24)20-11-17-2-1-9-25-17/h5-6,10,14,17H,1-4,7-9,11-12H2,(H2,20,21,24)/t17-/m1/s1. The Kier molecular flexibility index (Phi) is 4.61. The Morgan fingerprint density at radius 1 is 1.20 bits per heavy atom. The Morgan fingerprint density at radius 3 is 2.84 bits per heavy atom. The molecule has 0 bridgehead atoms. The number of nitrogens with zero attached hydrogens (tertiary/aromatic N) is 1. The minimum Gasteiger partial charge on any atom is -0.376 e. The Morgan fingerprint density at radius 2 is 2.08 bits per heavy atom. The van der Waals surface area contributed by atoms with Gasteiger partial charge in [-0.1, -0.05) is 6.07 Å². The van der Waals surface area contributed by atoms with Crippen molar-refractivity contribution in [3.63, 3.8) is 0 Å². The molecule has 2 aliphatic heterocycles. The third kappa shape index (κ3) is 3.95. The van der Waals surface area contributed by atoms with Gasteiger partial charge in [-0.15, -0.1) is 0 Å². The average molecular weight is 343 g/mol. The van der Waals surface area contributed by atoms with Crippen LogP contribution in [0.3, 0.4) is 0 Å². The summed E-state index contributed by atoms with van der Waals surface area (Å²) in [7, 11) is 0. The van der Waals surface area contributed by atoms with Crippen molar-refractivity contribution < 1.29 is 14.3 Å². The highest BCUT2D eigenvalue weighted by Crippen LogP contribution is 2.33. The summed E-state index contributed by atoms with van der Waals surface area (Å²) in [6.45, 7) is 2.78. The van der Waals surface area contributed by atoms with Gasteiger partial charge in [-0.25, -0.2) is 4.79 Å². The molecule has 1 aromatic rings. The molecule has 1 saturated heterocycles. The summed E-state index contributed by atoms with van der Waals surface area (Å²) in [6.07, 6.45) is 5.16.